The molecular formula is C16H20N2O. The minimum atomic E-state index is -0.295. The van der Waals surface area contributed by atoms with Gasteiger partial charge in [0.1, 0.15) is 11.6 Å². The Morgan fingerprint density at radius 3 is 2.74 bits per heavy atom. The minimum absolute atomic E-state index is 0.156. The van der Waals surface area contributed by atoms with Crippen LogP contribution in [0.1, 0.15) is 36.5 Å². The maximum absolute atomic E-state index is 11.8. The van der Waals surface area contributed by atoms with E-state index in [0.29, 0.717) is 6.54 Å². The highest BCUT2D eigenvalue weighted by Crippen LogP contribution is 2.14. The van der Waals surface area contributed by atoms with Crippen molar-refractivity contribution in [2.45, 2.75) is 33.6 Å². The number of nitrogens with one attached hydrogen (secondary N) is 1. The second-order valence-electron chi connectivity index (χ2n) is 4.64. The van der Waals surface area contributed by atoms with Gasteiger partial charge in [-0.25, -0.2) is 0 Å². The molecule has 0 aliphatic rings. The Labute approximate surface area is 114 Å². The van der Waals surface area contributed by atoms with Crippen molar-refractivity contribution in [2.24, 2.45) is 0 Å². The largest absolute Gasteiger partial charge is 0.351 e. The van der Waals surface area contributed by atoms with E-state index in [9.17, 15) is 4.79 Å². The molecule has 0 heterocycles. The third kappa shape index (κ3) is 4.59. The van der Waals surface area contributed by atoms with Gasteiger partial charge >= 0.3 is 0 Å². The summed E-state index contributed by atoms with van der Waals surface area (Å²) in [6.45, 7) is 6.66. The van der Waals surface area contributed by atoms with Gasteiger partial charge < -0.3 is 5.32 Å². The Kier molecular flexibility index (Phi) is 5.81. The second-order valence-corrected chi connectivity index (χ2v) is 4.64. The van der Waals surface area contributed by atoms with Gasteiger partial charge in [0.2, 0.25) is 0 Å². The molecule has 1 N–H and O–H groups in total. The van der Waals surface area contributed by atoms with Crippen LogP contribution < -0.4 is 5.32 Å². The zero-order valence-corrected chi connectivity index (χ0v) is 11.8. The molecule has 1 aromatic carbocycles. The molecule has 0 atom stereocenters. The number of benzene rings is 1. The van der Waals surface area contributed by atoms with Crippen molar-refractivity contribution in [3.05, 3.63) is 40.5 Å². The number of unbranched alkanes of at least 4 members (excludes halogenated alkanes) is 1. The first-order chi connectivity index (χ1) is 9.08. The Balaban J connectivity index is 2.87. The molecule has 0 aromatic heterocycles. The SMILES string of the molecule is CCCCNC(=O)/C(C#N)=C/c1ccc(C)cc1C. The predicted molar refractivity (Wildman–Crippen MR) is 77.4 cm³/mol. The number of nitrogens with zero attached hydrogens (tertiary/aromatic N) is 1. The first-order valence-electron chi connectivity index (χ1n) is 6.55. The molecule has 0 saturated heterocycles. The number of carbonyl (C=O) groups is 1. The lowest BCUT2D eigenvalue weighted by Crippen LogP contribution is -2.25. The van der Waals surface area contributed by atoms with E-state index in [2.05, 4.69) is 12.2 Å². The van der Waals surface area contributed by atoms with E-state index in [1.54, 1.807) is 6.08 Å². The molecule has 3 heteroatoms. The molecule has 100 valence electrons. The maximum atomic E-state index is 11.8. The monoisotopic (exact) mass is 256 g/mol. The summed E-state index contributed by atoms with van der Waals surface area (Å²) < 4.78 is 0. The highest BCUT2D eigenvalue weighted by molar-refractivity contribution is 6.01. The Bertz CT molecular complexity index is 524. The quantitative estimate of drug-likeness (QED) is 0.500. The van der Waals surface area contributed by atoms with Crippen LogP contribution in [-0.4, -0.2) is 12.5 Å². The van der Waals surface area contributed by atoms with Crippen LogP contribution in [0.2, 0.25) is 0 Å². The lowest BCUT2D eigenvalue weighted by molar-refractivity contribution is -0.117. The fourth-order valence-corrected chi connectivity index (χ4v) is 1.77. The average molecular weight is 256 g/mol. The van der Waals surface area contributed by atoms with Gasteiger partial charge in [0, 0.05) is 6.54 Å². The third-order valence-electron chi connectivity index (χ3n) is 2.91. The number of aryl methyl sites for hydroxylation is 2. The van der Waals surface area contributed by atoms with E-state index in [0.717, 1.165) is 24.0 Å². The van der Waals surface area contributed by atoms with Gasteiger partial charge in [-0.05, 0) is 37.5 Å². The zero-order valence-electron chi connectivity index (χ0n) is 11.8. The summed E-state index contributed by atoms with van der Waals surface area (Å²) in [6, 6.07) is 7.91. The zero-order chi connectivity index (χ0) is 14.3. The standard InChI is InChI=1S/C16H20N2O/c1-4-5-8-18-16(19)15(11-17)10-14-7-6-12(2)9-13(14)3/h6-7,9-10H,4-5,8H2,1-3H3,(H,18,19)/b15-10+. The summed E-state index contributed by atoms with van der Waals surface area (Å²) in [6.07, 6.45) is 3.59. The number of nitriles is 1. The molecule has 0 spiro atoms. The molecule has 0 aliphatic carbocycles. The first kappa shape index (κ1) is 15.0. The Morgan fingerprint density at radius 2 is 2.16 bits per heavy atom. The molecule has 0 aliphatic heterocycles. The molecule has 0 fully saturated rings. The summed E-state index contributed by atoms with van der Waals surface area (Å²) >= 11 is 0. The summed E-state index contributed by atoms with van der Waals surface area (Å²) in [5, 5.41) is 11.8. The van der Waals surface area contributed by atoms with Crippen molar-refractivity contribution < 1.29 is 4.79 Å². The third-order valence-corrected chi connectivity index (χ3v) is 2.91. The van der Waals surface area contributed by atoms with Crippen LogP contribution in [0.3, 0.4) is 0 Å². The second kappa shape index (κ2) is 7.38. The fraction of sp³-hybridized carbons (Fsp3) is 0.375. The molecule has 0 saturated carbocycles. The lowest BCUT2D eigenvalue weighted by Gasteiger charge is -2.05. The van der Waals surface area contributed by atoms with Gasteiger partial charge in [0.05, 0.1) is 0 Å². The van der Waals surface area contributed by atoms with Crippen LogP contribution in [0.5, 0.6) is 0 Å². The Morgan fingerprint density at radius 1 is 1.42 bits per heavy atom. The molecule has 1 aromatic rings. The van der Waals surface area contributed by atoms with E-state index in [1.807, 2.05) is 38.1 Å². The summed E-state index contributed by atoms with van der Waals surface area (Å²) in [4.78, 5) is 11.8. The van der Waals surface area contributed by atoms with E-state index >= 15 is 0 Å². The predicted octanol–water partition coefficient (Wildman–Crippen LogP) is 3.13. The van der Waals surface area contributed by atoms with Crippen molar-refractivity contribution in [1.82, 2.24) is 5.32 Å². The van der Waals surface area contributed by atoms with Crippen molar-refractivity contribution in [3.63, 3.8) is 0 Å². The maximum Gasteiger partial charge on any atom is 0.261 e. The van der Waals surface area contributed by atoms with Gasteiger partial charge in [0.15, 0.2) is 0 Å². The summed E-state index contributed by atoms with van der Waals surface area (Å²) in [5.41, 5.74) is 3.30. The lowest BCUT2D eigenvalue weighted by atomic mass is 10.0. The molecule has 19 heavy (non-hydrogen) atoms. The molecule has 0 unspecified atom stereocenters. The number of carbonyl (C=O) groups excluding carboxylic acids is 1. The van der Waals surface area contributed by atoms with Crippen LogP contribution in [-0.2, 0) is 4.79 Å². The Hall–Kier alpha value is -2.08. The van der Waals surface area contributed by atoms with Gasteiger partial charge in [-0.3, -0.25) is 4.79 Å². The molecule has 1 rings (SSSR count). The molecular weight excluding hydrogens is 236 g/mol. The first-order valence-corrected chi connectivity index (χ1v) is 6.55. The molecule has 1 amide bonds. The van der Waals surface area contributed by atoms with E-state index in [-0.39, 0.29) is 11.5 Å². The van der Waals surface area contributed by atoms with Crippen LogP contribution >= 0.6 is 0 Å². The smallest absolute Gasteiger partial charge is 0.261 e. The van der Waals surface area contributed by atoms with E-state index in [1.165, 1.54) is 5.56 Å². The summed E-state index contributed by atoms with van der Waals surface area (Å²) in [5.74, 6) is -0.295. The van der Waals surface area contributed by atoms with Gasteiger partial charge in [-0.2, -0.15) is 5.26 Å². The van der Waals surface area contributed by atoms with E-state index in [4.69, 9.17) is 5.26 Å². The summed E-state index contributed by atoms with van der Waals surface area (Å²) in [7, 11) is 0. The van der Waals surface area contributed by atoms with Crippen molar-refractivity contribution >= 4 is 12.0 Å². The minimum Gasteiger partial charge on any atom is -0.351 e. The van der Waals surface area contributed by atoms with Crippen molar-refractivity contribution in [2.75, 3.05) is 6.54 Å². The normalized spacial score (nSPS) is 10.9. The van der Waals surface area contributed by atoms with E-state index < -0.39 is 0 Å². The highest BCUT2D eigenvalue weighted by Gasteiger charge is 2.08. The fourth-order valence-electron chi connectivity index (χ4n) is 1.77. The topological polar surface area (TPSA) is 52.9 Å². The van der Waals surface area contributed by atoms with Crippen molar-refractivity contribution in [1.29, 1.82) is 5.26 Å². The average Bonchev–Trinajstić information content (AvgIpc) is 2.38. The van der Waals surface area contributed by atoms with Crippen LogP contribution in [0, 0.1) is 25.2 Å². The number of hydrogen-bond acceptors (Lipinski definition) is 2. The molecule has 3 nitrogen and oxygen atoms in total. The van der Waals surface area contributed by atoms with Gasteiger partial charge in [-0.1, -0.05) is 37.1 Å². The van der Waals surface area contributed by atoms with Crippen LogP contribution in [0.15, 0.2) is 23.8 Å². The van der Waals surface area contributed by atoms with Crippen molar-refractivity contribution in [3.8, 4) is 6.07 Å². The van der Waals surface area contributed by atoms with Gasteiger partial charge in [-0.15, -0.1) is 0 Å². The highest BCUT2D eigenvalue weighted by atomic mass is 16.1. The molecule has 0 bridgehead atoms. The number of hydrogen-bond donors (Lipinski definition) is 1. The number of rotatable bonds is 5. The van der Waals surface area contributed by atoms with Gasteiger partial charge in [0.25, 0.3) is 5.91 Å². The van der Waals surface area contributed by atoms with Crippen LogP contribution in [0.25, 0.3) is 6.08 Å². The molecule has 0 radical (unpaired) electrons. The number of amides is 1. The van der Waals surface area contributed by atoms with Crippen LogP contribution in [0.4, 0.5) is 0 Å².